The number of thiophene rings is 1. The van der Waals surface area contributed by atoms with Crippen molar-refractivity contribution in [2.45, 2.75) is 24.9 Å². The Balaban J connectivity index is 1.50. The van der Waals surface area contributed by atoms with Gasteiger partial charge in [0.05, 0.1) is 23.9 Å². The first-order chi connectivity index (χ1) is 15.5. The minimum Gasteiger partial charge on any atom is -0.495 e. The van der Waals surface area contributed by atoms with Gasteiger partial charge in [0.1, 0.15) is 10.6 Å². The predicted octanol–water partition coefficient (Wildman–Crippen LogP) is 5.51. The molecule has 0 radical (unpaired) electrons. The lowest BCUT2D eigenvalue weighted by molar-refractivity contribution is -0.113. The van der Waals surface area contributed by atoms with Crippen molar-refractivity contribution in [1.82, 2.24) is 9.97 Å². The number of nitrogens with zero attached hydrogens (tertiary/aromatic N) is 1. The standard InChI is InChI=1S/C24H23N3O3S2/c1-14(2)15-8-10-16(11-9-15)17-12-31-23-21(17)22(29)26-24(27-23)32-13-20(28)25-18-6-4-5-7-19(18)30-3/h4-12,14H,13H2,1-3H3,(H,25,28)(H,26,27,29). The summed E-state index contributed by atoms with van der Waals surface area (Å²) in [6, 6.07) is 15.5. The maximum Gasteiger partial charge on any atom is 0.260 e. The SMILES string of the molecule is COc1ccccc1NC(=O)CSc1nc2scc(-c3ccc(C(C)C)cc3)c2c(=O)[nH]1. The van der Waals surface area contributed by atoms with Gasteiger partial charge in [0, 0.05) is 10.9 Å². The molecule has 4 rings (SSSR count). The van der Waals surface area contributed by atoms with E-state index in [-0.39, 0.29) is 17.2 Å². The molecule has 0 atom stereocenters. The fourth-order valence-electron chi connectivity index (χ4n) is 3.33. The van der Waals surface area contributed by atoms with Gasteiger partial charge in [-0.15, -0.1) is 11.3 Å². The molecular formula is C24H23N3O3S2. The summed E-state index contributed by atoms with van der Waals surface area (Å²) >= 11 is 2.62. The summed E-state index contributed by atoms with van der Waals surface area (Å²) in [4.78, 5) is 33.2. The number of H-pyrrole nitrogens is 1. The number of aromatic nitrogens is 2. The normalized spacial score (nSPS) is 11.1. The molecule has 0 aliphatic carbocycles. The lowest BCUT2D eigenvalue weighted by atomic mass is 9.99. The highest BCUT2D eigenvalue weighted by atomic mass is 32.2. The number of carbonyl (C=O) groups excluding carboxylic acids is 1. The summed E-state index contributed by atoms with van der Waals surface area (Å²) in [5, 5.41) is 5.77. The van der Waals surface area contributed by atoms with Gasteiger partial charge in [-0.3, -0.25) is 9.59 Å². The quantitative estimate of drug-likeness (QED) is 0.278. The van der Waals surface area contributed by atoms with E-state index < -0.39 is 0 Å². The Kier molecular flexibility index (Phi) is 6.62. The number of anilines is 1. The number of rotatable bonds is 7. The van der Waals surface area contributed by atoms with Crippen molar-refractivity contribution in [1.29, 1.82) is 0 Å². The summed E-state index contributed by atoms with van der Waals surface area (Å²) in [6.07, 6.45) is 0. The molecule has 2 aromatic carbocycles. The molecule has 0 saturated carbocycles. The second-order valence-corrected chi connectivity index (χ2v) is 9.34. The average Bonchev–Trinajstić information content (AvgIpc) is 3.23. The average molecular weight is 466 g/mol. The van der Waals surface area contributed by atoms with Crippen molar-refractivity contribution in [3.8, 4) is 16.9 Å². The molecule has 0 aliphatic heterocycles. The van der Waals surface area contributed by atoms with Crippen LogP contribution >= 0.6 is 23.1 Å². The Bertz CT molecular complexity index is 1310. The lowest BCUT2D eigenvalue weighted by Gasteiger charge is -2.09. The van der Waals surface area contributed by atoms with E-state index >= 15 is 0 Å². The first-order valence-electron chi connectivity index (χ1n) is 10.1. The highest BCUT2D eigenvalue weighted by Crippen LogP contribution is 2.32. The number of benzene rings is 2. The first kappa shape index (κ1) is 22.1. The predicted molar refractivity (Wildman–Crippen MR) is 132 cm³/mol. The molecule has 8 heteroatoms. The number of para-hydroxylation sites is 2. The summed E-state index contributed by atoms with van der Waals surface area (Å²) in [6.45, 7) is 4.30. The number of ether oxygens (including phenoxy) is 1. The van der Waals surface area contributed by atoms with Gasteiger partial charge in [0.15, 0.2) is 5.16 Å². The van der Waals surface area contributed by atoms with Crippen LogP contribution < -0.4 is 15.6 Å². The van der Waals surface area contributed by atoms with Crippen molar-refractivity contribution >= 4 is 44.9 Å². The van der Waals surface area contributed by atoms with Crippen LogP contribution in [0.15, 0.2) is 63.9 Å². The Morgan fingerprint density at radius 2 is 1.94 bits per heavy atom. The molecule has 0 spiro atoms. The van der Waals surface area contributed by atoms with Crippen LogP contribution in [0.3, 0.4) is 0 Å². The minimum atomic E-state index is -0.209. The van der Waals surface area contributed by atoms with E-state index in [2.05, 4.69) is 41.3 Å². The van der Waals surface area contributed by atoms with Gasteiger partial charge >= 0.3 is 0 Å². The topological polar surface area (TPSA) is 84.1 Å². The zero-order chi connectivity index (χ0) is 22.7. The van der Waals surface area contributed by atoms with Crippen LogP contribution in [-0.2, 0) is 4.79 Å². The molecule has 0 aliphatic rings. The second-order valence-electron chi connectivity index (χ2n) is 7.51. The summed E-state index contributed by atoms with van der Waals surface area (Å²) in [5.41, 5.74) is 3.52. The minimum absolute atomic E-state index is 0.112. The van der Waals surface area contributed by atoms with Crippen LogP contribution in [0, 0.1) is 0 Å². The molecule has 2 aromatic heterocycles. The zero-order valence-electron chi connectivity index (χ0n) is 18.0. The molecule has 1 amide bonds. The third-order valence-corrected chi connectivity index (χ3v) is 6.78. The summed E-state index contributed by atoms with van der Waals surface area (Å²) in [5.74, 6) is 0.945. The number of hydrogen-bond acceptors (Lipinski definition) is 6. The molecular weight excluding hydrogens is 442 g/mol. The van der Waals surface area contributed by atoms with Gasteiger partial charge in [-0.1, -0.05) is 62.0 Å². The molecule has 0 unspecified atom stereocenters. The maximum absolute atomic E-state index is 12.8. The van der Waals surface area contributed by atoms with Crippen LogP contribution in [0.2, 0.25) is 0 Å². The molecule has 2 N–H and O–H groups in total. The number of carbonyl (C=O) groups is 1. The van der Waals surface area contributed by atoms with Gasteiger partial charge in [-0.2, -0.15) is 0 Å². The third-order valence-electron chi connectivity index (χ3n) is 5.03. The zero-order valence-corrected chi connectivity index (χ0v) is 19.6. The van der Waals surface area contributed by atoms with Gasteiger partial charge in [0.25, 0.3) is 5.56 Å². The highest BCUT2D eigenvalue weighted by molar-refractivity contribution is 7.99. The van der Waals surface area contributed by atoms with Crippen LogP contribution in [0.5, 0.6) is 5.75 Å². The third kappa shape index (κ3) is 4.71. The van der Waals surface area contributed by atoms with E-state index in [9.17, 15) is 9.59 Å². The van der Waals surface area contributed by atoms with Gasteiger partial charge in [0.2, 0.25) is 5.91 Å². The largest absolute Gasteiger partial charge is 0.495 e. The number of methoxy groups -OCH3 is 1. The summed E-state index contributed by atoms with van der Waals surface area (Å²) in [7, 11) is 1.55. The van der Waals surface area contributed by atoms with E-state index in [0.29, 0.717) is 32.7 Å². The Morgan fingerprint density at radius 1 is 1.19 bits per heavy atom. The molecule has 164 valence electrons. The Labute approximate surface area is 194 Å². The van der Waals surface area contributed by atoms with Crippen LogP contribution in [-0.4, -0.2) is 28.7 Å². The van der Waals surface area contributed by atoms with Gasteiger partial charge in [-0.05, 0) is 29.2 Å². The van der Waals surface area contributed by atoms with E-state index in [4.69, 9.17) is 4.74 Å². The number of aromatic amines is 1. The number of amides is 1. The van der Waals surface area contributed by atoms with Crippen molar-refractivity contribution < 1.29 is 9.53 Å². The molecule has 6 nitrogen and oxygen atoms in total. The number of thioether (sulfide) groups is 1. The number of fused-ring (bicyclic) bond motifs is 1. The summed E-state index contributed by atoms with van der Waals surface area (Å²) < 4.78 is 5.25. The molecule has 2 heterocycles. The molecule has 0 bridgehead atoms. The number of nitrogens with one attached hydrogen (secondary N) is 2. The van der Waals surface area contributed by atoms with Gasteiger partial charge in [-0.25, -0.2) is 4.98 Å². The molecule has 0 fully saturated rings. The van der Waals surface area contributed by atoms with E-state index in [1.54, 1.807) is 19.2 Å². The second kappa shape index (κ2) is 9.58. The van der Waals surface area contributed by atoms with Crippen LogP contribution in [0.4, 0.5) is 5.69 Å². The van der Waals surface area contributed by atoms with Crippen molar-refractivity contribution in [2.75, 3.05) is 18.2 Å². The van der Waals surface area contributed by atoms with E-state index in [0.717, 1.165) is 11.1 Å². The van der Waals surface area contributed by atoms with Crippen LogP contribution in [0.25, 0.3) is 21.3 Å². The highest BCUT2D eigenvalue weighted by Gasteiger charge is 2.15. The lowest BCUT2D eigenvalue weighted by Crippen LogP contribution is -2.16. The molecule has 4 aromatic rings. The fraction of sp³-hybridized carbons (Fsp3) is 0.208. The number of hydrogen-bond donors (Lipinski definition) is 2. The van der Waals surface area contributed by atoms with Crippen molar-refractivity contribution in [3.63, 3.8) is 0 Å². The van der Waals surface area contributed by atoms with Crippen molar-refractivity contribution in [3.05, 3.63) is 69.8 Å². The van der Waals surface area contributed by atoms with E-state index in [1.807, 2.05) is 29.6 Å². The van der Waals surface area contributed by atoms with Crippen molar-refractivity contribution in [2.24, 2.45) is 0 Å². The fourth-order valence-corrected chi connectivity index (χ4v) is 4.99. The molecule has 32 heavy (non-hydrogen) atoms. The Morgan fingerprint density at radius 3 is 2.66 bits per heavy atom. The Hall–Kier alpha value is -3.10. The molecule has 0 saturated heterocycles. The first-order valence-corrected chi connectivity index (χ1v) is 12.0. The maximum atomic E-state index is 12.8. The van der Waals surface area contributed by atoms with Crippen LogP contribution in [0.1, 0.15) is 25.3 Å². The monoisotopic (exact) mass is 465 g/mol. The van der Waals surface area contributed by atoms with Gasteiger partial charge < -0.3 is 15.0 Å². The van der Waals surface area contributed by atoms with E-state index in [1.165, 1.54) is 28.7 Å². The smallest absolute Gasteiger partial charge is 0.260 e.